The number of nitrogens with one attached hydrogen (secondary N) is 1. The van der Waals surface area contributed by atoms with E-state index in [0.29, 0.717) is 24.6 Å². The zero-order valence-electron chi connectivity index (χ0n) is 10.4. The summed E-state index contributed by atoms with van der Waals surface area (Å²) >= 11 is 3.31. The van der Waals surface area contributed by atoms with Crippen molar-refractivity contribution in [1.82, 2.24) is 5.32 Å². The van der Waals surface area contributed by atoms with E-state index in [1.54, 1.807) is 32.2 Å². The van der Waals surface area contributed by atoms with Crippen LogP contribution in [0.2, 0.25) is 0 Å². The molecule has 0 aromatic heterocycles. The summed E-state index contributed by atoms with van der Waals surface area (Å²) in [5, 5.41) is 2.70. The zero-order valence-corrected chi connectivity index (χ0v) is 12.0. The summed E-state index contributed by atoms with van der Waals surface area (Å²) in [7, 11) is 1.58. The van der Waals surface area contributed by atoms with Crippen molar-refractivity contribution < 1.29 is 14.3 Å². The Morgan fingerprint density at radius 3 is 2.83 bits per heavy atom. The Morgan fingerprint density at radius 2 is 2.22 bits per heavy atom. The number of rotatable bonds is 6. The predicted molar refractivity (Wildman–Crippen MR) is 73.5 cm³/mol. The number of anilines is 1. The van der Waals surface area contributed by atoms with Crippen molar-refractivity contribution in [2.75, 3.05) is 26.0 Å². The Hall–Kier alpha value is -1.27. The summed E-state index contributed by atoms with van der Waals surface area (Å²) in [6, 6.07) is 5.19. The third kappa shape index (κ3) is 4.93. The minimum atomic E-state index is -0.587. The molecule has 3 N–H and O–H groups in total. The van der Waals surface area contributed by atoms with E-state index in [4.69, 9.17) is 15.2 Å². The second kappa shape index (κ2) is 7.23. The van der Waals surface area contributed by atoms with Crippen LogP contribution in [0, 0.1) is 0 Å². The summed E-state index contributed by atoms with van der Waals surface area (Å²) in [6.07, 6.45) is -0.587. The number of nitrogens with two attached hydrogens (primary N) is 1. The smallest absolute Gasteiger partial charge is 0.260 e. The van der Waals surface area contributed by atoms with Gasteiger partial charge in [0.15, 0.2) is 6.10 Å². The quantitative estimate of drug-likeness (QED) is 0.617. The van der Waals surface area contributed by atoms with Gasteiger partial charge in [0.25, 0.3) is 5.91 Å². The molecule has 6 heteroatoms. The van der Waals surface area contributed by atoms with E-state index in [9.17, 15) is 4.79 Å². The van der Waals surface area contributed by atoms with Crippen LogP contribution < -0.4 is 15.8 Å². The number of nitrogen functional groups attached to an aromatic ring is 1. The van der Waals surface area contributed by atoms with Crippen molar-refractivity contribution in [3.8, 4) is 5.75 Å². The maximum Gasteiger partial charge on any atom is 0.260 e. The first kappa shape index (κ1) is 14.8. The summed E-state index contributed by atoms with van der Waals surface area (Å²) in [6.45, 7) is 2.62. The highest BCUT2D eigenvalue weighted by atomic mass is 79.9. The van der Waals surface area contributed by atoms with Gasteiger partial charge in [-0.2, -0.15) is 0 Å². The van der Waals surface area contributed by atoms with Gasteiger partial charge in [0.2, 0.25) is 0 Å². The van der Waals surface area contributed by atoms with E-state index in [2.05, 4.69) is 21.2 Å². The van der Waals surface area contributed by atoms with Gasteiger partial charge in [-0.1, -0.05) is 15.9 Å². The Morgan fingerprint density at radius 1 is 1.50 bits per heavy atom. The van der Waals surface area contributed by atoms with Gasteiger partial charge in [-0.3, -0.25) is 4.79 Å². The van der Waals surface area contributed by atoms with Gasteiger partial charge in [-0.25, -0.2) is 0 Å². The molecule has 0 heterocycles. The van der Waals surface area contributed by atoms with E-state index in [0.717, 1.165) is 4.47 Å². The van der Waals surface area contributed by atoms with Crippen LogP contribution in [-0.4, -0.2) is 32.3 Å². The predicted octanol–water partition coefficient (Wildman–Crippen LogP) is 1.56. The summed E-state index contributed by atoms with van der Waals surface area (Å²) in [5.74, 6) is 0.363. The van der Waals surface area contributed by atoms with Crippen molar-refractivity contribution in [2.24, 2.45) is 0 Å². The summed E-state index contributed by atoms with van der Waals surface area (Å²) in [4.78, 5) is 11.7. The Bertz CT molecular complexity index is 392. The van der Waals surface area contributed by atoms with Gasteiger partial charge in [0, 0.05) is 29.9 Å². The molecule has 5 nitrogen and oxygen atoms in total. The van der Waals surface area contributed by atoms with E-state index >= 15 is 0 Å². The van der Waals surface area contributed by atoms with E-state index in [-0.39, 0.29) is 5.91 Å². The molecule has 18 heavy (non-hydrogen) atoms. The van der Waals surface area contributed by atoms with Gasteiger partial charge in [-0.15, -0.1) is 0 Å². The first-order chi connectivity index (χ1) is 8.52. The highest BCUT2D eigenvalue weighted by molar-refractivity contribution is 9.10. The van der Waals surface area contributed by atoms with E-state index in [1.807, 2.05) is 0 Å². The number of benzene rings is 1. The van der Waals surface area contributed by atoms with E-state index in [1.165, 1.54) is 0 Å². The summed E-state index contributed by atoms with van der Waals surface area (Å²) in [5.41, 5.74) is 6.26. The maximum absolute atomic E-state index is 11.7. The minimum Gasteiger partial charge on any atom is -0.481 e. The van der Waals surface area contributed by atoms with Crippen LogP contribution in [0.25, 0.3) is 0 Å². The molecule has 1 atom stereocenters. The second-order valence-electron chi connectivity index (χ2n) is 3.76. The van der Waals surface area contributed by atoms with Crippen LogP contribution in [0.4, 0.5) is 5.69 Å². The SMILES string of the molecule is COCCNC(=O)C(C)Oc1cc(N)cc(Br)c1. The molecular weight excluding hydrogens is 300 g/mol. The molecule has 0 fully saturated rings. The molecule has 100 valence electrons. The van der Waals surface area contributed by atoms with Crippen LogP contribution >= 0.6 is 15.9 Å². The van der Waals surface area contributed by atoms with Crippen molar-refractivity contribution in [2.45, 2.75) is 13.0 Å². The lowest BCUT2D eigenvalue weighted by Gasteiger charge is -2.15. The van der Waals surface area contributed by atoms with Crippen LogP contribution in [0.3, 0.4) is 0 Å². The number of ether oxygens (including phenoxy) is 2. The lowest BCUT2D eigenvalue weighted by Crippen LogP contribution is -2.37. The standard InChI is InChI=1S/C12H17BrN2O3/c1-8(12(16)15-3-4-17-2)18-11-6-9(13)5-10(14)7-11/h5-8H,3-4,14H2,1-2H3,(H,15,16). The average Bonchev–Trinajstić information content (AvgIpc) is 2.27. The maximum atomic E-state index is 11.7. The van der Waals surface area contributed by atoms with Crippen LogP contribution in [0.1, 0.15) is 6.92 Å². The largest absolute Gasteiger partial charge is 0.481 e. The third-order valence-corrected chi connectivity index (χ3v) is 2.64. The normalized spacial score (nSPS) is 11.9. The van der Waals surface area contributed by atoms with Gasteiger partial charge < -0.3 is 20.5 Å². The van der Waals surface area contributed by atoms with E-state index < -0.39 is 6.10 Å². The molecule has 0 bridgehead atoms. The number of methoxy groups -OCH3 is 1. The molecule has 0 aliphatic heterocycles. The molecule has 0 saturated carbocycles. The molecule has 0 radical (unpaired) electrons. The molecule has 0 spiro atoms. The highest BCUT2D eigenvalue weighted by Gasteiger charge is 2.14. The van der Waals surface area contributed by atoms with Crippen molar-refractivity contribution in [3.05, 3.63) is 22.7 Å². The van der Waals surface area contributed by atoms with Gasteiger partial charge in [0.05, 0.1) is 6.61 Å². The fourth-order valence-corrected chi connectivity index (χ4v) is 1.82. The molecule has 0 aliphatic rings. The minimum absolute atomic E-state index is 0.189. The van der Waals surface area contributed by atoms with Crippen LogP contribution in [0.5, 0.6) is 5.75 Å². The molecule has 1 aromatic carbocycles. The summed E-state index contributed by atoms with van der Waals surface area (Å²) < 4.78 is 11.2. The van der Waals surface area contributed by atoms with Crippen LogP contribution in [-0.2, 0) is 9.53 Å². The number of carbonyl (C=O) groups is 1. The van der Waals surface area contributed by atoms with Gasteiger partial charge in [-0.05, 0) is 19.1 Å². The highest BCUT2D eigenvalue weighted by Crippen LogP contribution is 2.23. The Labute approximate surface area is 115 Å². The molecule has 1 rings (SSSR count). The van der Waals surface area contributed by atoms with Crippen molar-refractivity contribution >= 4 is 27.5 Å². The first-order valence-corrected chi connectivity index (χ1v) is 6.31. The molecule has 1 amide bonds. The van der Waals surface area contributed by atoms with Crippen molar-refractivity contribution in [3.63, 3.8) is 0 Å². The molecule has 1 unspecified atom stereocenters. The Balaban J connectivity index is 2.52. The number of hydrogen-bond acceptors (Lipinski definition) is 4. The number of hydrogen-bond donors (Lipinski definition) is 2. The van der Waals surface area contributed by atoms with Crippen LogP contribution in [0.15, 0.2) is 22.7 Å². The topological polar surface area (TPSA) is 73.6 Å². The fraction of sp³-hybridized carbons (Fsp3) is 0.417. The van der Waals surface area contributed by atoms with Gasteiger partial charge >= 0.3 is 0 Å². The Kier molecular flexibility index (Phi) is 5.94. The lowest BCUT2D eigenvalue weighted by atomic mass is 10.3. The number of carbonyl (C=O) groups excluding carboxylic acids is 1. The van der Waals surface area contributed by atoms with Gasteiger partial charge in [0.1, 0.15) is 5.75 Å². The lowest BCUT2D eigenvalue weighted by molar-refractivity contribution is -0.127. The molecule has 0 saturated heterocycles. The first-order valence-electron chi connectivity index (χ1n) is 5.52. The second-order valence-corrected chi connectivity index (χ2v) is 4.68. The molecule has 0 aliphatic carbocycles. The van der Waals surface area contributed by atoms with Crippen molar-refractivity contribution in [1.29, 1.82) is 0 Å². The zero-order chi connectivity index (χ0) is 13.5. The monoisotopic (exact) mass is 316 g/mol. The number of amides is 1. The average molecular weight is 317 g/mol. The number of halogens is 1. The molecule has 1 aromatic rings. The molecular formula is C12H17BrN2O3. The third-order valence-electron chi connectivity index (χ3n) is 2.18. The fourth-order valence-electron chi connectivity index (χ4n) is 1.33.